The minimum Gasteiger partial charge on any atom is -0.367 e. The Morgan fingerprint density at radius 1 is 1.19 bits per heavy atom. The van der Waals surface area contributed by atoms with Gasteiger partial charge in [-0.1, -0.05) is 26.0 Å². The van der Waals surface area contributed by atoms with E-state index in [1.165, 1.54) is 6.07 Å². The van der Waals surface area contributed by atoms with Crippen molar-refractivity contribution < 1.29 is 4.39 Å². The fourth-order valence-electron chi connectivity index (χ4n) is 3.60. The minimum atomic E-state index is -0.215. The molecule has 6 heteroatoms. The van der Waals surface area contributed by atoms with Crippen molar-refractivity contribution in [3.8, 4) is 0 Å². The molecule has 1 N–H and O–H groups in total. The molecule has 4 rings (SSSR count). The van der Waals surface area contributed by atoms with Crippen molar-refractivity contribution in [1.82, 2.24) is 19.9 Å². The van der Waals surface area contributed by atoms with Crippen LogP contribution in [0.5, 0.6) is 0 Å². The first-order chi connectivity index (χ1) is 12.6. The summed E-state index contributed by atoms with van der Waals surface area (Å²) in [6.45, 7) is 8.72. The lowest BCUT2D eigenvalue weighted by atomic mass is 10.2. The van der Waals surface area contributed by atoms with Gasteiger partial charge in [-0.2, -0.15) is 0 Å². The van der Waals surface area contributed by atoms with Crippen molar-refractivity contribution in [2.75, 3.05) is 31.1 Å². The lowest BCUT2D eigenvalue weighted by Crippen LogP contribution is -2.43. The molecule has 0 radical (unpaired) electrons. The molecule has 5 nitrogen and oxygen atoms in total. The summed E-state index contributed by atoms with van der Waals surface area (Å²) in [5.41, 5.74) is 3.86. The second kappa shape index (κ2) is 7.03. The number of nitrogens with one attached hydrogen (secondary N) is 1. The van der Waals surface area contributed by atoms with Crippen LogP contribution in [0.2, 0.25) is 0 Å². The minimum absolute atomic E-state index is 0.215. The van der Waals surface area contributed by atoms with E-state index in [4.69, 9.17) is 4.98 Å². The van der Waals surface area contributed by atoms with Crippen molar-refractivity contribution in [1.29, 1.82) is 0 Å². The van der Waals surface area contributed by atoms with Gasteiger partial charge in [0.1, 0.15) is 17.2 Å². The fraction of sp³-hybridized carbons (Fsp3) is 0.400. The molecule has 2 aromatic heterocycles. The summed E-state index contributed by atoms with van der Waals surface area (Å²) in [5, 5.41) is 3.39. The van der Waals surface area contributed by atoms with Crippen LogP contribution in [-0.4, -0.2) is 40.7 Å². The molecule has 3 aromatic rings. The highest BCUT2D eigenvalue weighted by Crippen LogP contribution is 2.29. The molecule has 0 spiro atoms. The fourth-order valence-corrected chi connectivity index (χ4v) is 3.60. The van der Waals surface area contributed by atoms with E-state index in [2.05, 4.69) is 39.7 Å². The zero-order valence-electron chi connectivity index (χ0n) is 15.2. The third-order valence-corrected chi connectivity index (χ3v) is 4.85. The third-order valence-electron chi connectivity index (χ3n) is 4.85. The average Bonchev–Trinajstić information content (AvgIpc) is 3.01. The summed E-state index contributed by atoms with van der Waals surface area (Å²) in [6, 6.07) is 8.80. The number of aromatic nitrogens is 3. The summed E-state index contributed by atoms with van der Waals surface area (Å²) in [6.07, 6.45) is 1.85. The van der Waals surface area contributed by atoms with E-state index in [-0.39, 0.29) is 11.7 Å². The van der Waals surface area contributed by atoms with Crippen molar-refractivity contribution in [3.63, 3.8) is 0 Å². The van der Waals surface area contributed by atoms with E-state index in [1.54, 1.807) is 12.1 Å². The van der Waals surface area contributed by atoms with Gasteiger partial charge in [0.05, 0.1) is 12.2 Å². The zero-order valence-corrected chi connectivity index (χ0v) is 15.2. The summed E-state index contributed by atoms with van der Waals surface area (Å²) in [4.78, 5) is 11.9. The van der Waals surface area contributed by atoms with Crippen LogP contribution in [0.1, 0.15) is 31.2 Å². The normalized spacial score (nSPS) is 15.2. The Morgan fingerprint density at radius 3 is 2.73 bits per heavy atom. The molecule has 0 atom stereocenters. The Bertz CT molecular complexity index is 912. The molecule has 1 aliphatic heterocycles. The molecule has 0 amide bonds. The highest BCUT2D eigenvalue weighted by atomic mass is 19.1. The Balaban J connectivity index is 1.81. The highest BCUT2D eigenvalue weighted by Gasteiger charge is 2.21. The smallest absolute Gasteiger partial charge is 0.162 e. The van der Waals surface area contributed by atoms with Crippen molar-refractivity contribution in [3.05, 3.63) is 53.7 Å². The lowest BCUT2D eigenvalue weighted by molar-refractivity contribution is 0.590. The zero-order chi connectivity index (χ0) is 18.1. The summed E-state index contributed by atoms with van der Waals surface area (Å²) in [5.74, 6) is 1.03. The van der Waals surface area contributed by atoms with Gasteiger partial charge in [0.25, 0.3) is 0 Å². The molecule has 0 unspecified atom stereocenters. The number of imidazole rings is 1. The summed E-state index contributed by atoms with van der Waals surface area (Å²) < 4.78 is 15.7. The van der Waals surface area contributed by atoms with Gasteiger partial charge in [0.15, 0.2) is 5.65 Å². The first-order valence-corrected chi connectivity index (χ1v) is 9.18. The van der Waals surface area contributed by atoms with E-state index >= 15 is 0 Å². The maximum atomic E-state index is 13.6. The number of halogens is 1. The molecule has 26 heavy (non-hydrogen) atoms. The molecule has 1 fully saturated rings. The molecule has 0 aliphatic carbocycles. The first kappa shape index (κ1) is 17.0. The number of nitrogens with zero attached hydrogens (tertiary/aromatic N) is 4. The monoisotopic (exact) mass is 353 g/mol. The number of rotatable bonds is 4. The van der Waals surface area contributed by atoms with Crippen LogP contribution in [0.3, 0.4) is 0 Å². The second-order valence-electron chi connectivity index (χ2n) is 7.08. The number of hydrogen-bond donors (Lipinski definition) is 1. The van der Waals surface area contributed by atoms with Crippen molar-refractivity contribution in [2.24, 2.45) is 0 Å². The number of fused-ring (bicyclic) bond motifs is 1. The van der Waals surface area contributed by atoms with E-state index in [0.29, 0.717) is 6.54 Å². The van der Waals surface area contributed by atoms with Gasteiger partial charge >= 0.3 is 0 Å². The van der Waals surface area contributed by atoms with E-state index in [9.17, 15) is 4.39 Å². The van der Waals surface area contributed by atoms with Gasteiger partial charge in [-0.15, -0.1) is 0 Å². The van der Waals surface area contributed by atoms with Crippen LogP contribution >= 0.6 is 0 Å². The highest BCUT2D eigenvalue weighted by molar-refractivity contribution is 5.86. The lowest BCUT2D eigenvalue weighted by Gasteiger charge is -2.29. The Morgan fingerprint density at radius 2 is 2.00 bits per heavy atom. The molecule has 1 saturated heterocycles. The first-order valence-electron chi connectivity index (χ1n) is 9.18. The number of piperazine rings is 1. The van der Waals surface area contributed by atoms with Gasteiger partial charge < -0.3 is 14.8 Å². The average molecular weight is 353 g/mol. The van der Waals surface area contributed by atoms with Gasteiger partial charge in [-0.3, -0.25) is 0 Å². The molecule has 1 aromatic carbocycles. The number of hydrogen-bond acceptors (Lipinski definition) is 4. The maximum absolute atomic E-state index is 13.6. The van der Waals surface area contributed by atoms with Crippen LogP contribution < -0.4 is 10.2 Å². The van der Waals surface area contributed by atoms with E-state index in [0.717, 1.165) is 54.4 Å². The van der Waals surface area contributed by atoms with Gasteiger partial charge in [0.2, 0.25) is 0 Å². The second-order valence-corrected chi connectivity index (χ2v) is 7.08. The van der Waals surface area contributed by atoms with Crippen LogP contribution in [-0.2, 0) is 6.54 Å². The van der Waals surface area contributed by atoms with Crippen LogP contribution in [0.15, 0.2) is 36.5 Å². The molecule has 0 bridgehead atoms. The Labute approximate surface area is 152 Å². The molecular formula is C20H24FN5. The number of pyridine rings is 1. The van der Waals surface area contributed by atoms with Gasteiger partial charge in [0, 0.05) is 38.3 Å². The molecule has 3 heterocycles. The molecule has 0 saturated carbocycles. The quantitative estimate of drug-likeness (QED) is 0.783. The predicted molar refractivity (Wildman–Crippen MR) is 102 cm³/mol. The Hall–Kier alpha value is -2.47. The Kier molecular flexibility index (Phi) is 4.59. The third kappa shape index (κ3) is 3.17. The van der Waals surface area contributed by atoms with Crippen LogP contribution in [0.4, 0.5) is 10.1 Å². The topological polar surface area (TPSA) is 46.0 Å². The van der Waals surface area contributed by atoms with Crippen LogP contribution in [0, 0.1) is 5.82 Å². The SMILES string of the molecule is CC(C)c1nc2c(N3CCNCC3)ccnc2n1Cc1cccc(F)c1. The summed E-state index contributed by atoms with van der Waals surface area (Å²) >= 11 is 0. The predicted octanol–water partition coefficient (Wildman–Crippen LogP) is 3.15. The number of anilines is 1. The molecule has 1 aliphatic rings. The summed E-state index contributed by atoms with van der Waals surface area (Å²) in [7, 11) is 0. The maximum Gasteiger partial charge on any atom is 0.162 e. The standard InChI is InChI=1S/C20H24FN5/c1-14(2)19-24-18-17(25-10-8-22-9-11-25)6-7-23-20(18)26(19)13-15-4-3-5-16(21)12-15/h3-7,12,14,22H,8-11,13H2,1-2H3. The number of benzene rings is 1. The van der Waals surface area contributed by atoms with Crippen LogP contribution in [0.25, 0.3) is 11.2 Å². The van der Waals surface area contributed by atoms with Crippen molar-refractivity contribution in [2.45, 2.75) is 26.3 Å². The van der Waals surface area contributed by atoms with Gasteiger partial charge in [-0.25, -0.2) is 14.4 Å². The molecular weight excluding hydrogens is 329 g/mol. The largest absolute Gasteiger partial charge is 0.367 e. The van der Waals surface area contributed by atoms with Gasteiger partial charge in [-0.05, 0) is 23.8 Å². The van der Waals surface area contributed by atoms with E-state index in [1.807, 2.05) is 12.3 Å². The van der Waals surface area contributed by atoms with E-state index < -0.39 is 0 Å². The van der Waals surface area contributed by atoms with Crippen molar-refractivity contribution >= 4 is 16.9 Å². The molecule has 136 valence electrons.